The van der Waals surface area contributed by atoms with Crippen molar-refractivity contribution in [2.75, 3.05) is 0 Å². The molecule has 0 aliphatic heterocycles. The highest BCUT2D eigenvalue weighted by molar-refractivity contribution is 5.92. The summed E-state index contributed by atoms with van der Waals surface area (Å²) in [6.07, 6.45) is 0.861. The number of nitriles is 1. The van der Waals surface area contributed by atoms with Crippen LogP contribution in [0, 0.1) is 28.8 Å². The molecule has 3 nitrogen and oxygen atoms in total. The quantitative estimate of drug-likeness (QED) is 0.221. The number of hydrogen-bond acceptors (Lipinski definition) is 3. The second-order valence-electron chi connectivity index (χ2n) is 8.17. The molecule has 4 aromatic carbocycles. The van der Waals surface area contributed by atoms with Crippen molar-refractivity contribution in [2.24, 2.45) is 0 Å². The van der Waals surface area contributed by atoms with Crippen LogP contribution in [-0.2, 0) is 6.42 Å². The number of carbonyl (C=O) groups excluding carboxylic acids is 1. The summed E-state index contributed by atoms with van der Waals surface area (Å²) in [5, 5.41) is 8.72. The van der Waals surface area contributed by atoms with Gasteiger partial charge in [0, 0.05) is 12.1 Å². The molecule has 6 heteroatoms. The van der Waals surface area contributed by atoms with Crippen molar-refractivity contribution in [1.29, 1.82) is 5.26 Å². The predicted molar refractivity (Wildman–Crippen MR) is 126 cm³/mol. The van der Waals surface area contributed by atoms with Crippen LogP contribution in [0.15, 0.2) is 84.9 Å². The molecule has 0 saturated heterocycles. The van der Waals surface area contributed by atoms with Crippen LogP contribution >= 0.6 is 0 Å². The molecule has 0 aliphatic carbocycles. The number of halogens is 3. The fraction of sp³-hybridized carbons (Fsp3) is 0.103. The fourth-order valence-electron chi connectivity index (χ4n) is 3.82. The summed E-state index contributed by atoms with van der Waals surface area (Å²) in [6, 6.07) is 24.8. The molecule has 0 aromatic heterocycles. The lowest BCUT2D eigenvalue weighted by molar-refractivity contribution is 0.0729. The summed E-state index contributed by atoms with van der Waals surface area (Å²) < 4.78 is 47.1. The van der Waals surface area contributed by atoms with Crippen molar-refractivity contribution in [3.05, 3.63) is 125 Å². The van der Waals surface area contributed by atoms with Crippen LogP contribution in [0.1, 0.15) is 39.9 Å². The first-order valence-electron chi connectivity index (χ1n) is 10.9. The summed E-state index contributed by atoms with van der Waals surface area (Å²) in [5.41, 5.74) is 2.57. The van der Waals surface area contributed by atoms with Crippen LogP contribution in [0.25, 0.3) is 11.1 Å². The third kappa shape index (κ3) is 5.42. The van der Waals surface area contributed by atoms with Gasteiger partial charge < -0.3 is 4.74 Å². The van der Waals surface area contributed by atoms with E-state index >= 15 is 0 Å². The lowest BCUT2D eigenvalue weighted by Gasteiger charge is -2.12. The Hall–Kier alpha value is -4.37. The van der Waals surface area contributed by atoms with Crippen LogP contribution in [0.3, 0.4) is 0 Å². The molecule has 0 radical (unpaired) electrons. The average Bonchev–Trinajstić information content (AvgIpc) is 2.84. The van der Waals surface area contributed by atoms with E-state index in [-0.39, 0.29) is 5.56 Å². The number of benzene rings is 4. The van der Waals surface area contributed by atoms with Crippen LogP contribution in [-0.4, -0.2) is 5.97 Å². The number of rotatable bonds is 6. The standard InChI is InChI=1S/C29H20F3NO2/c1-18(20-5-3-2-4-6-20)13-19-7-9-21(10-8-19)22-11-12-24(26(30)14-22)29(34)35-23-15-27(31)25(17-33)28(32)16-23/h2-12,14-16,18H,13H2,1H3. The molecule has 0 fully saturated rings. The molecule has 0 saturated carbocycles. The first-order valence-corrected chi connectivity index (χ1v) is 10.9. The Balaban J connectivity index is 1.47. The summed E-state index contributed by atoms with van der Waals surface area (Å²) in [4.78, 5) is 12.4. The van der Waals surface area contributed by atoms with E-state index in [1.165, 1.54) is 23.8 Å². The smallest absolute Gasteiger partial charge is 0.346 e. The Morgan fingerprint density at radius 2 is 1.49 bits per heavy atom. The normalized spacial score (nSPS) is 11.5. The van der Waals surface area contributed by atoms with E-state index in [2.05, 4.69) is 19.1 Å². The minimum Gasteiger partial charge on any atom is -0.423 e. The molecular formula is C29H20F3NO2. The van der Waals surface area contributed by atoms with Crippen molar-refractivity contribution < 1.29 is 22.7 Å². The Labute approximate surface area is 201 Å². The highest BCUT2D eigenvalue weighted by atomic mass is 19.1. The van der Waals surface area contributed by atoms with Crippen LogP contribution in [0.2, 0.25) is 0 Å². The van der Waals surface area contributed by atoms with Gasteiger partial charge in [0.25, 0.3) is 0 Å². The van der Waals surface area contributed by atoms with E-state index in [0.717, 1.165) is 17.5 Å². The maximum absolute atomic E-state index is 14.7. The Bertz CT molecular complexity index is 1390. The molecule has 35 heavy (non-hydrogen) atoms. The van der Waals surface area contributed by atoms with Gasteiger partial charge >= 0.3 is 5.97 Å². The van der Waals surface area contributed by atoms with E-state index in [0.29, 0.717) is 23.6 Å². The third-order valence-corrected chi connectivity index (χ3v) is 5.72. The predicted octanol–water partition coefficient (Wildman–Crippen LogP) is 7.21. The van der Waals surface area contributed by atoms with E-state index in [1.807, 2.05) is 42.5 Å². The van der Waals surface area contributed by atoms with E-state index in [4.69, 9.17) is 10.00 Å². The summed E-state index contributed by atoms with van der Waals surface area (Å²) >= 11 is 0. The largest absolute Gasteiger partial charge is 0.423 e. The summed E-state index contributed by atoms with van der Waals surface area (Å²) in [6.45, 7) is 2.16. The maximum atomic E-state index is 14.7. The molecule has 1 atom stereocenters. The first-order chi connectivity index (χ1) is 16.9. The van der Waals surface area contributed by atoms with Gasteiger partial charge in [-0.15, -0.1) is 0 Å². The number of carbonyl (C=O) groups is 1. The Morgan fingerprint density at radius 1 is 0.857 bits per heavy atom. The zero-order valence-electron chi connectivity index (χ0n) is 18.8. The average molecular weight is 471 g/mol. The van der Waals surface area contributed by atoms with Crippen molar-refractivity contribution in [2.45, 2.75) is 19.3 Å². The topological polar surface area (TPSA) is 50.1 Å². The van der Waals surface area contributed by atoms with Crippen molar-refractivity contribution in [3.63, 3.8) is 0 Å². The lowest BCUT2D eigenvalue weighted by atomic mass is 9.93. The van der Waals surface area contributed by atoms with Crippen LogP contribution in [0.5, 0.6) is 5.75 Å². The van der Waals surface area contributed by atoms with Gasteiger partial charge in [0.1, 0.15) is 34.8 Å². The second kappa shape index (κ2) is 10.3. The van der Waals surface area contributed by atoms with Gasteiger partial charge in [-0.25, -0.2) is 18.0 Å². The van der Waals surface area contributed by atoms with Crippen molar-refractivity contribution in [1.82, 2.24) is 0 Å². The monoisotopic (exact) mass is 471 g/mol. The molecule has 0 bridgehead atoms. The van der Waals surface area contributed by atoms with Gasteiger partial charge in [0.05, 0.1) is 5.56 Å². The zero-order chi connectivity index (χ0) is 24.9. The Kier molecular flexibility index (Phi) is 6.98. The first kappa shape index (κ1) is 23.8. The SMILES string of the molecule is CC(Cc1ccc(-c2ccc(C(=O)Oc3cc(F)c(C#N)c(F)c3)c(F)c2)cc1)c1ccccc1. The zero-order valence-corrected chi connectivity index (χ0v) is 18.8. The molecule has 0 spiro atoms. The third-order valence-electron chi connectivity index (χ3n) is 5.72. The molecule has 174 valence electrons. The van der Waals surface area contributed by atoms with Gasteiger partial charge in [0.2, 0.25) is 0 Å². The number of ether oxygens (including phenoxy) is 1. The molecule has 1 unspecified atom stereocenters. The number of nitrogens with zero attached hydrogens (tertiary/aromatic N) is 1. The summed E-state index contributed by atoms with van der Waals surface area (Å²) in [7, 11) is 0. The minimum atomic E-state index is -1.17. The molecule has 0 heterocycles. The van der Waals surface area contributed by atoms with E-state index in [9.17, 15) is 18.0 Å². The van der Waals surface area contributed by atoms with Crippen LogP contribution < -0.4 is 4.74 Å². The highest BCUT2D eigenvalue weighted by Crippen LogP contribution is 2.26. The minimum absolute atomic E-state index is 0.350. The second-order valence-corrected chi connectivity index (χ2v) is 8.17. The number of hydrogen-bond donors (Lipinski definition) is 0. The highest BCUT2D eigenvalue weighted by Gasteiger charge is 2.18. The van der Waals surface area contributed by atoms with Crippen molar-refractivity contribution >= 4 is 5.97 Å². The molecular weight excluding hydrogens is 451 g/mol. The van der Waals surface area contributed by atoms with Gasteiger partial charge in [-0.1, -0.05) is 67.6 Å². The summed E-state index contributed by atoms with van der Waals surface area (Å²) in [5.74, 6) is -4.40. The van der Waals surface area contributed by atoms with Crippen LogP contribution in [0.4, 0.5) is 13.2 Å². The number of esters is 1. The lowest BCUT2D eigenvalue weighted by Crippen LogP contribution is -2.11. The van der Waals surface area contributed by atoms with Gasteiger partial charge in [-0.05, 0) is 46.7 Å². The van der Waals surface area contributed by atoms with E-state index in [1.54, 1.807) is 6.07 Å². The maximum Gasteiger partial charge on any atom is 0.346 e. The molecule has 4 rings (SSSR count). The van der Waals surface area contributed by atoms with Gasteiger partial charge in [-0.2, -0.15) is 5.26 Å². The molecule has 4 aromatic rings. The van der Waals surface area contributed by atoms with E-state index < -0.39 is 34.7 Å². The van der Waals surface area contributed by atoms with Gasteiger partial charge in [0.15, 0.2) is 0 Å². The molecule has 0 aliphatic rings. The van der Waals surface area contributed by atoms with Crippen molar-refractivity contribution in [3.8, 4) is 22.9 Å². The fourth-order valence-corrected chi connectivity index (χ4v) is 3.82. The Morgan fingerprint density at radius 3 is 2.09 bits per heavy atom. The van der Waals surface area contributed by atoms with Gasteiger partial charge in [-0.3, -0.25) is 0 Å². The molecule has 0 amide bonds. The molecule has 0 N–H and O–H groups in total.